The fourth-order valence-corrected chi connectivity index (χ4v) is 1.63. The maximum Gasteiger partial charge on any atom is 0.350 e. The molecular weight excluding hydrogens is 282 g/mol. The van der Waals surface area contributed by atoms with Crippen LogP contribution in [-0.4, -0.2) is 33.2 Å². The Hall–Kier alpha value is -1.96. The van der Waals surface area contributed by atoms with Crippen LogP contribution in [0, 0.1) is 5.92 Å². The number of rotatable bonds is 6. The van der Waals surface area contributed by atoms with Gasteiger partial charge in [0.2, 0.25) is 5.60 Å². The van der Waals surface area contributed by atoms with Gasteiger partial charge < -0.3 is 15.7 Å². The molecule has 8 heteroatoms. The van der Waals surface area contributed by atoms with Crippen LogP contribution in [0.5, 0.6) is 0 Å². The van der Waals surface area contributed by atoms with E-state index < -0.39 is 11.6 Å². The zero-order chi connectivity index (χ0) is 15.5. The number of nitrogens with zero attached hydrogens (tertiary/aromatic N) is 2. The second-order valence-corrected chi connectivity index (χ2v) is 5.83. The minimum atomic E-state index is -1.54. The van der Waals surface area contributed by atoms with E-state index in [1.807, 2.05) is 0 Å². The molecule has 1 rings (SSSR count). The lowest BCUT2D eigenvalue weighted by Crippen LogP contribution is -2.34. The van der Waals surface area contributed by atoms with Gasteiger partial charge in [0.25, 0.3) is 0 Å². The van der Waals surface area contributed by atoms with Crippen molar-refractivity contribution >= 4 is 33.9 Å². The van der Waals surface area contributed by atoms with E-state index in [1.54, 1.807) is 19.2 Å². The number of ketones is 1. The molecule has 0 atom stereocenters. The van der Waals surface area contributed by atoms with Gasteiger partial charge in [-0.2, -0.15) is 0 Å². The summed E-state index contributed by atoms with van der Waals surface area (Å²) in [5, 5.41) is 14.5. The summed E-state index contributed by atoms with van der Waals surface area (Å²) in [7, 11) is 0. The number of Topliss-reactive ketones (excluding diaryl/α,β-unsaturated/α-hetero) is 1. The molecular formula is C12H17N3O4S. The number of nitrogen functional groups attached to an aromatic ring is 1. The lowest BCUT2D eigenvalue weighted by Gasteiger charge is -2.17. The molecule has 0 bridgehead atoms. The van der Waals surface area contributed by atoms with Crippen molar-refractivity contribution in [3.05, 3.63) is 11.1 Å². The van der Waals surface area contributed by atoms with Crippen LogP contribution in [0.1, 0.15) is 33.4 Å². The topological polar surface area (TPSA) is 115 Å². The molecule has 0 spiro atoms. The molecule has 1 aromatic rings. The molecule has 0 unspecified atom stereocenters. The Balaban J connectivity index is 3.12. The highest BCUT2D eigenvalue weighted by Crippen LogP contribution is 2.16. The Morgan fingerprint density at radius 3 is 2.50 bits per heavy atom. The number of aliphatic carboxylic acids is 1. The van der Waals surface area contributed by atoms with E-state index in [4.69, 9.17) is 15.7 Å². The first-order valence-corrected chi connectivity index (χ1v) is 6.78. The minimum Gasteiger partial charge on any atom is -0.478 e. The maximum absolute atomic E-state index is 12.1. The van der Waals surface area contributed by atoms with Gasteiger partial charge in [-0.25, -0.2) is 9.78 Å². The first-order chi connectivity index (χ1) is 9.15. The van der Waals surface area contributed by atoms with Crippen molar-refractivity contribution in [2.24, 2.45) is 11.1 Å². The molecule has 7 nitrogen and oxygen atoms in total. The van der Waals surface area contributed by atoms with Crippen molar-refractivity contribution < 1.29 is 19.5 Å². The Morgan fingerprint density at radius 1 is 1.50 bits per heavy atom. The summed E-state index contributed by atoms with van der Waals surface area (Å²) in [4.78, 5) is 32.0. The number of aromatic nitrogens is 1. The van der Waals surface area contributed by atoms with Gasteiger partial charge in [0.15, 0.2) is 16.6 Å². The van der Waals surface area contributed by atoms with E-state index in [2.05, 4.69) is 10.1 Å². The standard InChI is InChI=1S/C12H17N3O4S/c1-6(2)9(16)8(7-5-20-11(13)14-7)15-19-12(3,4)10(17)18/h5-6H,1-4H3,(H2,13,14)(H,17,18)/b15-8-. The van der Waals surface area contributed by atoms with Gasteiger partial charge in [-0.3, -0.25) is 4.79 Å². The first kappa shape index (κ1) is 16.1. The number of carbonyl (C=O) groups excluding carboxylic acids is 1. The second-order valence-electron chi connectivity index (χ2n) is 4.94. The summed E-state index contributed by atoms with van der Waals surface area (Å²) in [5.41, 5.74) is 4.25. The molecule has 0 saturated carbocycles. The van der Waals surface area contributed by atoms with Crippen LogP contribution in [0.25, 0.3) is 0 Å². The fourth-order valence-electron chi connectivity index (χ4n) is 1.09. The summed E-state index contributed by atoms with van der Waals surface area (Å²) in [6.07, 6.45) is 0. The number of hydrogen-bond acceptors (Lipinski definition) is 7. The molecule has 0 fully saturated rings. The fraction of sp³-hybridized carbons (Fsp3) is 0.500. The van der Waals surface area contributed by atoms with Crippen LogP contribution in [0.3, 0.4) is 0 Å². The van der Waals surface area contributed by atoms with E-state index in [-0.39, 0.29) is 23.1 Å². The zero-order valence-electron chi connectivity index (χ0n) is 11.7. The van der Waals surface area contributed by atoms with Gasteiger partial charge in [-0.1, -0.05) is 19.0 Å². The Labute approximate surface area is 120 Å². The minimum absolute atomic E-state index is 0.0257. The number of thiazole rings is 1. The van der Waals surface area contributed by atoms with E-state index in [1.165, 1.54) is 13.8 Å². The number of nitrogens with two attached hydrogens (primary N) is 1. The number of carbonyl (C=O) groups is 2. The summed E-state index contributed by atoms with van der Waals surface area (Å²) in [5.74, 6) is -1.81. The summed E-state index contributed by atoms with van der Waals surface area (Å²) in [6, 6.07) is 0. The number of oxime groups is 1. The predicted octanol–water partition coefficient (Wildman–Crippen LogP) is 1.53. The van der Waals surface area contributed by atoms with E-state index in [9.17, 15) is 9.59 Å². The summed E-state index contributed by atoms with van der Waals surface area (Å²) < 4.78 is 0. The van der Waals surface area contributed by atoms with Crippen LogP contribution in [0.15, 0.2) is 10.5 Å². The highest BCUT2D eigenvalue weighted by Gasteiger charge is 2.31. The van der Waals surface area contributed by atoms with Gasteiger partial charge in [-0.05, 0) is 13.8 Å². The van der Waals surface area contributed by atoms with Crippen LogP contribution in [0.2, 0.25) is 0 Å². The van der Waals surface area contributed by atoms with Crippen LogP contribution >= 0.6 is 11.3 Å². The van der Waals surface area contributed by atoms with Gasteiger partial charge in [0, 0.05) is 11.3 Å². The van der Waals surface area contributed by atoms with E-state index >= 15 is 0 Å². The molecule has 0 aliphatic heterocycles. The molecule has 3 N–H and O–H groups in total. The van der Waals surface area contributed by atoms with Crippen LogP contribution < -0.4 is 5.73 Å². The molecule has 1 heterocycles. The van der Waals surface area contributed by atoms with Crippen molar-refractivity contribution in [3.8, 4) is 0 Å². The highest BCUT2D eigenvalue weighted by molar-refractivity contribution is 7.13. The average Bonchev–Trinajstić information content (AvgIpc) is 2.75. The van der Waals surface area contributed by atoms with Crippen molar-refractivity contribution in [2.45, 2.75) is 33.3 Å². The molecule has 0 saturated heterocycles. The Bertz CT molecular complexity index is 549. The quantitative estimate of drug-likeness (QED) is 0.608. The summed E-state index contributed by atoms with van der Waals surface area (Å²) in [6.45, 7) is 6.09. The van der Waals surface area contributed by atoms with Gasteiger partial charge in [0.05, 0.1) is 0 Å². The molecule has 0 aromatic carbocycles. The maximum atomic E-state index is 12.1. The molecule has 110 valence electrons. The molecule has 0 amide bonds. The highest BCUT2D eigenvalue weighted by atomic mass is 32.1. The molecule has 20 heavy (non-hydrogen) atoms. The smallest absolute Gasteiger partial charge is 0.350 e. The third kappa shape index (κ3) is 3.77. The Morgan fingerprint density at radius 2 is 2.10 bits per heavy atom. The number of anilines is 1. The monoisotopic (exact) mass is 299 g/mol. The number of carboxylic acid groups (broad SMARTS) is 1. The van der Waals surface area contributed by atoms with Gasteiger partial charge in [-0.15, -0.1) is 11.3 Å². The van der Waals surface area contributed by atoms with E-state index in [0.717, 1.165) is 11.3 Å². The van der Waals surface area contributed by atoms with Gasteiger partial charge >= 0.3 is 5.97 Å². The molecule has 1 aromatic heterocycles. The molecule has 0 radical (unpaired) electrons. The number of carboxylic acids is 1. The van der Waals surface area contributed by atoms with Crippen molar-refractivity contribution in [1.29, 1.82) is 0 Å². The molecule has 0 aliphatic rings. The normalized spacial score (nSPS) is 12.6. The molecule has 0 aliphatic carbocycles. The largest absolute Gasteiger partial charge is 0.478 e. The second kappa shape index (κ2) is 6.00. The average molecular weight is 299 g/mol. The first-order valence-electron chi connectivity index (χ1n) is 5.90. The van der Waals surface area contributed by atoms with E-state index in [0.29, 0.717) is 5.13 Å². The summed E-state index contributed by atoms with van der Waals surface area (Å²) >= 11 is 1.16. The lowest BCUT2D eigenvalue weighted by atomic mass is 10.0. The third-order valence-electron chi connectivity index (χ3n) is 2.40. The van der Waals surface area contributed by atoms with Crippen molar-refractivity contribution in [1.82, 2.24) is 4.98 Å². The Kier molecular flexibility index (Phi) is 4.83. The van der Waals surface area contributed by atoms with Crippen molar-refractivity contribution in [3.63, 3.8) is 0 Å². The van der Waals surface area contributed by atoms with Crippen LogP contribution in [0.4, 0.5) is 5.13 Å². The zero-order valence-corrected chi connectivity index (χ0v) is 12.5. The van der Waals surface area contributed by atoms with Crippen LogP contribution in [-0.2, 0) is 14.4 Å². The van der Waals surface area contributed by atoms with Crippen molar-refractivity contribution in [2.75, 3.05) is 5.73 Å². The predicted molar refractivity (Wildman–Crippen MR) is 75.7 cm³/mol. The number of hydrogen-bond donors (Lipinski definition) is 2. The van der Waals surface area contributed by atoms with Gasteiger partial charge in [0.1, 0.15) is 5.69 Å². The third-order valence-corrected chi connectivity index (χ3v) is 3.08. The SMILES string of the molecule is CC(C)C(=O)/C(=N\OC(C)(C)C(=O)O)c1csc(N)n1. The lowest BCUT2D eigenvalue weighted by molar-refractivity contribution is -0.161.